The fourth-order valence-electron chi connectivity index (χ4n) is 7.39. The molecule has 0 radical (unpaired) electrons. The molecule has 0 aromatic heterocycles. The molecule has 3 N–H and O–H groups in total. The van der Waals surface area contributed by atoms with Crippen molar-refractivity contribution >= 4 is 62.8 Å². The SMILES string of the molecule is CCN1CCCc2cc3c4oc5cc6c(cc5cc-4c(=O)[n+](C)c3cc21)CCCN6CCCN1C(=O)CC(SCC(N)C(=O)O)C1=O. The molecule has 47 heavy (non-hydrogen) atoms. The number of aryl methyl sites for hydroxylation is 3. The molecule has 0 spiro atoms. The highest BCUT2D eigenvalue weighted by molar-refractivity contribution is 8.00. The molecule has 0 aliphatic carbocycles. The number of pyridine rings is 1. The van der Waals surface area contributed by atoms with E-state index in [1.807, 2.05) is 13.1 Å². The van der Waals surface area contributed by atoms with Crippen molar-refractivity contribution in [2.24, 2.45) is 12.8 Å². The van der Waals surface area contributed by atoms with E-state index in [0.29, 0.717) is 30.8 Å². The van der Waals surface area contributed by atoms with Gasteiger partial charge >= 0.3 is 11.5 Å². The molecule has 11 nitrogen and oxygen atoms in total. The van der Waals surface area contributed by atoms with Crippen LogP contribution in [0.5, 0.6) is 0 Å². The fourth-order valence-corrected chi connectivity index (χ4v) is 8.50. The van der Waals surface area contributed by atoms with Gasteiger partial charge < -0.3 is 25.1 Å². The van der Waals surface area contributed by atoms with Gasteiger partial charge in [-0.3, -0.25) is 19.3 Å². The molecular weight excluding hydrogens is 618 g/mol. The van der Waals surface area contributed by atoms with Crippen LogP contribution in [0, 0.1) is 0 Å². The van der Waals surface area contributed by atoms with Gasteiger partial charge in [0, 0.05) is 73.8 Å². The monoisotopic (exact) mass is 658 g/mol. The molecule has 2 aromatic carbocycles. The number of rotatable bonds is 9. The number of benzene rings is 2. The molecule has 5 heterocycles. The Bertz CT molecular complexity index is 1960. The molecule has 0 saturated carbocycles. The quantitative estimate of drug-likeness (QED) is 0.119. The predicted octanol–water partition coefficient (Wildman–Crippen LogP) is 3.06. The third kappa shape index (κ3) is 5.61. The van der Waals surface area contributed by atoms with Crippen LogP contribution in [0.15, 0.2) is 39.5 Å². The van der Waals surface area contributed by atoms with E-state index in [9.17, 15) is 19.2 Å². The summed E-state index contributed by atoms with van der Waals surface area (Å²) in [6.45, 7) is 5.92. The van der Waals surface area contributed by atoms with E-state index in [0.717, 1.165) is 84.6 Å². The number of likely N-dealkylation sites (tertiary alicyclic amines) is 1. The summed E-state index contributed by atoms with van der Waals surface area (Å²) < 4.78 is 8.37. The van der Waals surface area contributed by atoms with Crippen LogP contribution in [-0.4, -0.2) is 77.6 Å². The van der Waals surface area contributed by atoms with Crippen LogP contribution >= 0.6 is 11.8 Å². The lowest BCUT2D eigenvalue weighted by Gasteiger charge is -2.32. The Hall–Kier alpha value is -4.16. The first-order valence-corrected chi connectivity index (χ1v) is 17.5. The first-order valence-electron chi connectivity index (χ1n) is 16.5. The molecule has 5 aliphatic rings. The Morgan fingerprint density at radius 2 is 1.77 bits per heavy atom. The maximum absolute atomic E-state index is 13.6. The zero-order valence-electron chi connectivity index (χ0n) is 26.8. The van der Waals surface area contributed by atoms with Crippen LogP contribution in [0.25, 0.3) is 33.2 Å². The van der Waals surface area contributed by atoms with Crippen LogP contribution in [0.2, 0.25) is 0 Å². The van der Waals surface area contributed by atoms with Crippen LogP contribution in [-0.2, 0) is 34.3 Å². The Morgan fingerprint density at radius 3 is 2.51 bits per heavy atom. The second-order valence-corrected chi connectivity index (χ2v) is 14.1. The second-order valence-electron chi connectivity index (χ2n) is 12.9. The average Bonchev–Trinajstić information content (AvgIpc) is 3.34. The lowest BCUT2D eigenvalue weighted by atomic mass is 9.95. The van der Waals surface area contributed by atoms with E-state index in [2.05, 4.69) is 41.0 Å². The third-order valence-corrected chi connectivity index (χ3v) is 11.2. The highest BCUT2D eigenvalue weighted by Crippen LogP contribution is 2.39. The fraction of sp³-hybridized carbons (Fsp3) is 0.457. The van der Waals surface area contributed by atoms with Gasteiger partial charge in [-0.05, 0) is 68.4 Å². The van der Waals surface area contributed by atoms with Crippen molar-refractivity contribution in [2.75, 3.05) is 48.3 Å². The highest BCUT2D eigenvalue weighted by atomic mass is 32.2. The molecule has 2 unspecified atom stereocenters. The predicted molar refractivity (Wildman–Crippen MR) is 182 cm³/mol. The molecule has 2 aromatic rings. The molecule has 2 atom stereocenters. The number of carbonyl (C=O) groups excluding carboxylic acids is 2. The first-order chi connectivity index (χ1) is 22.6. The van der Waals surface area contributed by atoms with Crippen LogP contribution in [0.4, 0.5) is 11.4 Å². The van der Waals surface area contributed by atoms with Gasteiger partial charge in [-0.1, -0.05) is 0 Å². The lowest BCUT2D eigenvalue weighted by molar-refractivity contribution is -0.658. The molecule has 12 heteroatoms. The molecule has 1 fully saturated rings. The van der Waals surface area contributed by atoms with Crippen molar-refractivity contribution in [1.82, 2.24) is 4.90 Å². The number of carboxylic acids is 1. The number of carboxylic acid groups (broad SMARTS) is 1. The van der Waals surface area contributed by atoms with Crippen molar-refractivity contribution in [3.8, 4) is 11.3 Å². The number of fused-ring (bicyclic) bond motifs is 6. The van der Waals surface area contributed by atoms with Gasteiger partial charge in [-0.15, -0.1) is 11.8 Å². The van der Waals surface area contributed by atoms with Crippen molar-refractivity contribution < 1.29 is 28.5 Å². The lowest BCUT2D eigenvalue weighted by Crippen LogP contribution is -2.48. The molecule has 1 saturated heterocycles. The number of hydrogen-bond donors (Lipinski definition) is 2. The number of aliphatic carboxylic acids is 1. The summed E-state index contributed by atoms with van der Waals surface area (Å²) in [4.78, 5) is 56.2. The molecular formula is C35H40N5O6S+. The summed E-state index contributed by atoms with van der Waals surface area (Å²) in [5.41, 5.74) is 12.4. The highest BCUT2D eigenvalue weighted by Gasteiger charge is 2.39. The zero-order chi connectivity index (χ0) is 33.0. The Kier molecular flexibility index (Phi) is 8.33. The maximum atomic E-state index is 13.6. The second kappa shape index (κ2) is 12.5. The van der Waals surface area contributed by atoms with Crippen molar-refractivity contribution in [2.45, 2.75) is 56.7 Å². The van der Waals surface area contributed by atoms with Crippen molar-refractivity contribution in [3.05, 3.63) is 51.8 Å². The number of aromatic nitrogens is 1. The summed E-state index contributed by atoms with van der Waals surface area (Å²) in [6.07, 6.45) is 4.65. The zero-order valence-corrected chi connectivity index (χ0v) is 27.6. The van der Waals surface area contributed by atoms with Gasteiger partial charge in [0.25, 0.3) is 0 Å². The first kappa shape index (κ1) is 31.4. The average molecular weight is 659 g/mol. The van der Waals surface area contributed by atoms with E-state index >= 15 is 0 Å². The van der Waals surface area contributed by atoms with Crippen LogP contribution in [0.1, 0.15) is 43.7 Å². The number of hydrogen-bond acceptors (Lipinski definition) is 9. The van der Waals surface area contributed by atoms with Gasteiger partial charge in [-0.2, -0.15) is 4.57 Å². The number of anilines is 2. The number of thioether (sulfide) groups is 1. The van der Waals surface area contributed by atoms with E-state index in [-0.39, 0.29) is 29.5 Å². The number of nitrogens with zero attached hydrogens (tertiary/aromatic N) is 4. The topological polar surface area (TPSA) is 141 Å². The summed E-state index contributed by atoms with van der Waals surface area (Å²) in [5.74, 6) is -0.932. The van der Waals surface area contributed by atoms with Gasteiger partial charge in [-0.25, -0.2) is 4.79 Å². The van der Waals surface area contributed by atoms with Gasteiger partial charge in [0.2, 0.25) is 17.3 Å². The molecule has 0 bridgehead atoms. The van der Waals surface area contributed by atoms with E-state index in [1.54, 1.807) is 4.57 Å². The van der Waals surface area contributed by atoms with Gasteiger partial charge in [0.15, 0.2) is 5.76 Å². The standard InChI is InChI=1S/C35H39N5O6S/c1-3-38-9-4-8-21-14-23-28(16-26(21)38)37(2)33(42)24-15-22-13-20-7-5-10-39(27(20)17-29(22)46-32(23)24)11-6-12-40-31(41)18-30(34(40)43)47-19-25(36)35(44)45/h13-17,25,30H,3-12,18-19,36H2,1-2H3/p+1. The number of nitrogens with two attached hydrogens (primary N) is 1. The molecule has 246 valence electrons. The van der Waals surface area contributed by atoms with Crippen LogP contribution < -0.4 is 25.7 Å². The Labute approximate surface area is 276 Å². The van der Waals surface area contributed by atoms with Gasteiger partial charge in [0.1, 0.15) is 24.2 Å². The molecule has 7 rings (SSSR count). The summed E-state index contributed by atoms with van der Waals surface area (Å²) in [5, 5.41) is 10.3. The van der Waals surface area contributed by atoms with E-state index < -0.39 is 17.3 Å². The Morgan fingerprint density at radius 1 is 1.04 bits per heavy atom. The summed E-state index contributed by atoms with van der Waals surface area (Å²) >= 11 is 1.14. The summed E-state index contributed by atoms with van der Waals surface area (Å²) in [6, 6.07) is 9.46. The number of amides is 2. The van der Waals surface area contributed by atoms with Crippen molar-refractivity contribution in [1.29, 1.82) is 0 Å². The largest absolute Gasteiger partial charge is 0.480 e. The van der Waals surface area contributed by atoms with Crippen LogP contribution in [0.3, 0.4) is 0 Å². The van der Waals surface area contributed by atoms with Gasteiger partial charge in [0.05, 0.1) is 10.6 Å². The number of imide groups is 1. The molecule has 2 amide bonds. The molecule has 5 aliphatic heterocycles. The van der Waals surface area contributed by atoms with E-state index in [1.165, 1.54) is 21.7 Å². The smallest absolute Gasteiger partial charge is 0.423 e. The number of carbonyl (C=O) groups is 3. The normalized spacial score (nSPS) is 18.8. The third-order valence-electron chi connectivity index (χ3n) is 9.92. The minimum absolute atomic E-state index is 0.0707. The summed E-state index contributed by atoms with van der Waals surface area (Å²) in [7, 11) is 1.84. The maximum Gasteiger partial charge on any atom is 0.423 e. The van der Waals surface area contributed by atoms with E-state index in [4.69, 9.17) is 15.3 Å². The minimum atomic E-state index is -1.12. The minimum Gasteiger partial charge on any atom is -0.480 e. The Balaban J connectivity index is 1.15. The van der Waals surface area contributed by atoms with Crippen molar-refractivity contribution in [3.63, 3.8) is 0 Å².